The Morgan fingerprint density at radius 2 is 2.00 bits per heavy atom. The number of rotatable bonds is 4. The van der Waals surface area contributed by atoms with E-state index in [9.17, 15) is 9.59 Å². The first-order chi connectivity index (χ1) is 13.7. The van der Waals surface area contributed by atoms with Gasteiger partial charge in [-0.3, -0.25) is 14.5 Å². The van der Waals surface area contributed by atoms with E-state index in [2.05, 4.69) is 20.3 Å². The maximum atomic E-state index is 12.9. The van der Waals surface area contributed by atoms with Crippen LogP contribution in [0.2, 0.25) is 0 Å². The molecule has 3 heterocycles. The van der Waals surface area contributed by atoms with Crippen molar-refractivity contribution in [1.82, 2.24) is 29.9 Å². The van der Waals surface area contributed by atoms with Gasteiger partial charge in [0.15, 0.2) is 5.82 Å². The number of hydrogen-bond donors (Lipinski definition) is 1. The molecule has 8 heteroatoms. The van der Waals surface area contributed by atoms with E-state index in [-0.39, 0.29) is 24.3 Å². The van der Waals surface area contributed by atoms with Crippen LogP contribution < -0.4 is 5.32 Å². The fourth-order valence-electron chi connectivity index (χ4n) is 3.92. The van der Waals surface area contributed by atoms with E-state index in [4.69, 9.17) is 0 Å². The number of carbonyl (C=O) groups is 2. The summed E-state index contributed by atoms with van der Waals surface area (Å²) in [4.78, 5) is 33.7. The maximum Gasteiger partial charge on any atom is 0.237 e. The molecule has 0 bridgehead atoms. The fraction of sp³-hybridized carbons (Fsp3) is 0.500. The number of hydrogen-bond acceptors (Lipinski definition) is 5. The number of nitrogens with zero attached hydrogens (tertiary/aromatic N) is 5. The van der Waals surface area contributed by atoms with Crippen molar-refractivity contribution in [2.75, 3.05) is 32.7 Å². The highest BCUT2D eigenvalue weighted by molar-refractivity contribution is 5.88. The Hall–Kier alpha value is -2.74. The highest BCUT2D eigenvalue weighted by Gasteiger charge is 2.32. The standard InChI is InChI=1S/C20H26N6O2/c1-2-24-11-9-21-20(28)16(24)14-18(27)25-10-8-17-22-19(23-26(17)13-12-25)15-6-4-3-5-7-15/h3-7,16H,2,8-14H2,1H3,(H,21,28). The average Bonchev–Trinajstić information content (AvgIpc) is 3.03. The van der Waals surface area contributed by atoms with Gasteiger partial charge in [0, 0.05) is 38.2 Å². The number of likely N-dealkylation sites (N-methyl/N-ethyl adjacent to an activating group) is 1. The molecular formula is C20H26N6O2. The molecule has 1 N–H and O–H groups in total. The first-order valence-corrected chi connectivity index (χ1v) is 9.94. The molecule has 0 spiro atoms. The minimum absolute atomic E-state index is 0.0227. The molecule has 1 aromatic carbocycles. The molecular weight excluding hydrogens is 356 g/mol. The summed E-state index contributed by atoms with van der Waals surface area (Å²) < 4.78 is 1.90. The largest absolute Gasteiger partial charge is 0.353 e. The van der Waals surface area contributed by atoms with Gasteiger partial charge in [0.2, 0.25) is 11.8 Å². The second-order valence-electron chi connectivity index (χ2n) is 7.21. The highest BCUT2D eigenvalue weighted by Crippen LogP contribution is 2.18. The monoisotopic (exact) mass is 382 g/mol. The lowest BCUT2D eigenvalue weighted by atomic mass is 10.1. The van der Waals surface area contributed by atoms with E-state index < -0.39 is 0 Å². The number of benzene rings is 1. The van der Waals surface area contributed by atoms with Crippen LogP contribution in [-0.4, -0.2) is 75.1 Å². The highest BCUT2D eigenvalue weighted by atomic mass is 16.2. The Morgan fingerprint density at radius 1 is 1.18 bits per heavy atom. The van der Waals surface area contributed by atoms with Crippen molar-refractivity contribution < 1.29 is 9.59 Å². The zero-order chi connectivity index (χ0) is 19.5. The third kappa shape index (κ3) is 3.77. The molecule has 1 atom stereocenters. The van der Waals surface area contributed by atoms with Crippen LogP contribution in [0.3, 0.4) is 0 Å². The molecule has 1 aromatic heterocycles. The minimum atomic E-state index is -0.366. The summed E-state index contributed by atoms with van der Waals surface area (Å²) in [5.74, 6) is 1.61. The summed E-state index contributed by atoms with van der Waals surface area (Å²) in [6, 6.07) is 9.56. The van der Waals surface area contributed by atoms with Crippen LogP contribution in [0.15, 0.2) is 30.3 Å². The Labute approximate surface area is 164 Å². The van der Waals surface area contributed by atoms with Crippen molar-refractivity contribution >= 4 is 11.8 Å². The first kappa shape index (κ1) is 18.6. The van der Waals surface area contributed by atoms with Crippen LogP contribution >= 0.6 is 0 Å². The van der Waals surface area contributed by atoms with E-state index >= 15 is 0 Å². The van der Waals surface area contributed by atoms with Gasteiger partial charge in [0.05, 0.1) is 19.0 Å². The predicted molar refractivity (Wildman–Crippen MR) is 104 cm³/mol. The summed E-state index contributed by atoms with van der Waals surface area (Å²) in [6.45, 7) is 6.05. The summed E-state index contributed by atoms with van der Waals surface area (Å²) in [5, 5.41) is 7.50. The number of aromatic nitrogens is 3. The van der Waals surface area contributed by atoms with Gasteiger partial charge in [0.25, 0.3) is 0 Å². The molecule has 4 rings (SSSR count). The van der Waals surface area contributed by atoms with Gasteiger partial charge >= 0.3 is 0 Å². The molecule has 2 aromatic rings. The van der Waals surface area contributed by atoms with E-state index in [1.807, 2.05) is 46.8 Å². The van der Waals surface area contributed by atoms with Gasteiger partial charge < -0.3 is 10.2 Å². The lowest BCUT2D eigenvalue weighted by molar-refractivity contribution is -0.138. The molecule has 0 saturated carbocycles. The van der Waals surface area contributed by atoms with Gasteiger partial charge in [-0.05, 0) is 6.54 Å². The molecule has 8 nitrogen and oxygen atoms in total. The third-order valence-corrected chi connectivity index (χ3v) is 5.54. The van der Waals surface area contributed by atoms with Crippen LogP contribution in [0.5, 0.6) is 0 Å². The molecule has 1 saturated heterocycles. The second kappa shape index (κ2) is 8.10. The lowest BCUT2D eigenvalue weighted by Crippen LogP contribution is -2.56. The van der Waals surface area contributed by atoms with Crippen molar-refractivity contribution in [3.8, 4) is 11.4 Å². The molecule has 0 aliphatic carbocycles. The van der Waals surface area contributed by atoms with Gasteiger partial charge in [0.1, 0.15) is 5.82 Å². The van der Waals surface area contributed by atoms with Crippen LogP contribution in [0.4, 0.5) is 0 Å². The Morgan fingerprint density at radius 3 is 2.79 bits per heavy atom. The van der Waals surface area contributed by atoms with Gasteiger partial charge in [-0.25, -0.2) is 9.67 Å². The predicted octanol–water partition coefficient (Wildman–Crippen LogP) is 0.540. The molecule has 148 valence electrons. The molecule has 2 amide bonds. The van der Waals surface area contributed by atoms with Crippen molar-refractivity contribution in [2.24, 2.45) is 0 Å². The quantitative estimate of drug-likeness (QED) is 0.835. The Bertz CT molecular complexity index is 824. The summed E-state index contributed by atoms with van der Waals surface area (Å²) in [6.07, 6.45) is 0.893. The van der Waals surface area contributed by atoms with Gasteiger partial charge in [-0.15, -0.1) is 0 Å². The van der Waals surface area contributed by atoms with Crippen molar-refractivity contribution in [3.63, 3.8) is 0 Å². The normalized spacial score (nSPS) is 20.4. The van der Waals surface area contributed by atoms with E-state index in [1.54, 1.807) is 0 Å². The number of nitrogens with one attached hydrogen (secondary N) is 1. The van der Waals surface area contributed by atoms with E-state index in [0.717, 1.165) is 30.3 Å². The van der Waals surface area contributed by atoms with E-state index in [1.165, 1.54) is 0 Å². The number of carbonyl (C=O) groups excluding carboxylic acids is 2. The Kier molecular flexibility index (Phi) is 5.38. The molecule has 1 unspecified atom stereocenters. The zero-order valence-electron chi connectivity index (χ0n) is 16.2. The fourth-order valence-corrected chi connectivity index (χ4v) is 3.92. The van der Waals surface area contributed by atoms with Crippen molar-refractivity contribution in [2.45, 2.75) is 32.4 Å². The molecule has 0 radical (unpaired) electrons. The van der Waals surface area contributed by atoms with Crippen LogP contribution in [0.1, 0.15) is 19.2 Å². The summed E-state index contributed by atoms with van der Waals surface area (Å²) in [7, 11) is 0. The van der Waals surface area contributed by atoms with Gasteiger partial charge in [-0.2, -0.15) is 5.10 Å². The number of amides is 2. The SMILES string of the molecule is CCN1CCNC(=O)C1CC(=O)N1CCc2nc(-c3ccccc3)nn2CC1. The Balaban J connectivity index is 1.40. The summed E-state index contributed by atoms with van der Waals surface area (Å²) in [5.41, 5.74) is 0.999. The number of piperazine rings is 1. The molecule has 2 aliphatic rings. The minimum Gasteiger partial charge on any atom is -0.353 e. The lowest BCUT2D eigenvalue weighted by Gasteiger charge is -2.34. The summed E-state index contributed by atoms with van der Waals surface area (Å²) >= 11 is 0. The van der Waals surface area contributed by atoms with E-state index in [0.29, 0.717) is 32.6 Å². The second-order valence-corrected chi connectivity index (χ2v) is 7.21. The topological polar surface area (TPSA) is 83.4 Å². The zero-order valence-corrected chi connectivity index (χ0v) is 16.2. The van der Waals surface area contributed by atoms with Crippen molar-refractivity contribution in [1.29, 1.82) is 0 Å². The van der Waals surface area contributed by atoms with Gasteiger partial charge in [-0.1, -0.05) is 37.3 Å². The smallest absolute Gasteiger partial charge is 0.237 e. The maximum absolute atomic E-state index is 12.9. The van der Waals surface area contributed by atoms with Crippen LogP contribution in [0, 0.1) is 0 Å². The first-order valence-electron chi connectivity index (χ1n) is 9.94. The molecule has 2 aliphatic heterocycles. The van der Waals surface area contributed by atoms with Crippen LogP contribution in [0.25, 0.3) is 11.4 Å². The molecule has 28 heavy (non-hydrogen) atoms. The number of fused-ring (bicyclic) bond motifs is 1. The average molecular weight is 382 g/mol. The third-order valence-electron chi connectivity index (χ3n) is 5.54. The van der Waals surface area contributed by atoms with Crippen LogP contribution in [-0.2, 0) is 22.6 Å². The van der Waals surface area contributed by atoms with Crippen molar-refractivity contribution in [3.05, 3.63) is 36.2 Å². The molecule has 1 fully saturated rings.